The smallest absolute Gasteiger partial charge is 0.326 e. The van der Waals surface area contributed by atoms with Crippen molar-refractivity contribution in [3.05, 3.63) is 0 Å². The first-order valence-corrected chi connectivity index (χ1v) is 6.38. The topological polar surface area (TPSA) is 78.4 Å². The molecule has 1 aliphatic carbocycles. The molecule has 3 N–H and O–H groups in total. The highest BCUT2D eigenvalue weighted by molar-refractivity contribution is 5.83. The number of amides is 2. The van der Waals surface area contributed by atoms with Gasteiger partial charge in [0.1, 0.15) is 6.04 Å². The summed E-state index contributed by atoms with van der Waals surface area (Å²) in [6, 6.07) is -0.951. The highest BCUT2D eigenvalue weighted by Crippen LogP contribution is 2.32. The minimum absolute atomic E-state index is 0.115. The number of carboxylic acid groups (broad SMARTS) is 1. The first-order valence-electron chi connectivity index (χ1n) is 6.38. The van der Waals surface area contributed by atoms with Crippen molar-refractivity contribution in [3.8, 4) is 0 Å². The molecule has 5 heteroatoms. The van der Waals surface area contributed by atoms with E-state index in [2.05, 4.69) is 17.6 Å². The van der Waals surface area contributed by atoms with Crippen LogP contribution in [0.4, 0.5) is 4.79 Å². The highest BCUT2D eigenvalue weighted by Gasteiger charge is 2.37. The molecule has 0 saturated heterocycles. The summed E-state index contributed by atoms with van der Waals surface area (Å²) in [5.74, 6) is -0.823. The lowest BCUT2D eigenvalue weighted by molar-refractivity contribution is -0.139. The SMILES string of the molecule is CCCC(CC)NC(=O)NC(C(=O)O)C1CC1. The van der Waals surface area contributed by atoms with Gasteiger partial charge in [-0.05, 0) is 31.6 Å². The quantitative estimate of drug-likeness (QED) is 0.636. The van der Waals surface area contributed by atoms with Crippen molar-refractivity contribution in [2.24, 2.45) is 5.92 Å². The fourth-order valence-corrected chi connectivity index (χ4v) is 1.91. The molecule has 0 heterocycles. The fraction of sp³-hybridized carbons (Fsp3) is 0.833. The van der Waals surface area contributed by atoms with Crippen LogP contribution in [0.2, 0.25) is 0 Å². The second-order valence-electron chi connectivity index (χ2n) is 4.66. The zero-order valence-electron chi connectivity index (χ0n) is 10.5. The number of carbonyl (C=O) groups is 2. The van der Waals surface area contributed by atoms with Gasteiger partial charge < -0.3 is 15.7 Å². The van der Waals surface area contributed by atoms with Crippen molar-refractivity contribution in [2.45, 2.75) is 58.0 Å². The van der Waals surface area contributed by atoms with Gasteiger partial charge in [0, 0.05) is 6.04 Å². The number of rotatable bonds is 7. The molecule has 1 rings (SSSR count). The van der Waals surface area contributed by atoms with Gasteiger partial charge in [-0.1, -0.05) is 20.3 Å². The van der Waals surface area contributed by atoms with Crippen LogP contribution < -0.4 is 10.6 Å². The molecular weight excluding hydrogens is 220 g/mol. The summed E-state index contributed by atoms with van der Waals surface area (Å²) < 4.78 is 0. The molecule has 0 radical (unpaired) electrons. The molecule has 0 bridgehead atoms. The standard InChI is InChI=1S/C12H22N2O3/c1-3-5-9(4-2)13-12(17)14-10(11(15)16)8-6-7-8/h8-10H,3-7H2,1-2H3,(H,15,16)(H2,13,14,17). The van der Waals surface area contributed by atoms with Crippen molar-refractivity contribution in [3.63, 3.8) is 0 Å². The van der Waals surface area contributed by atoms with Crippen molar-refractivity contribution < 1.29 is 14.7 Å². The van der Waals surface area contributed by atoms with E-state index in [4.69, 9.17) is 5.11 Å². The Morgan fingerprint density at radius 1 is 1.29 bits per heavy atom. The summed E-state index contributed by atoms with van der Waals surface area (Å²) in [6.07, 6.45) is 4.57. The van der Waals surface area contributed by atoms with E-state index < -0.39 is 12.0 Å². The van der Waals surface area contributed by atoms with Gasteiger partial charge in [0.2, 0.25) is 0 Å². The number of hydrogen-bond donors (Lipinski definition) is 3. The van der Waals surface area contributed by atoms with Crippen LogP contribution in [0.5, 0.6) is 0 Å². The Morgan fingerprint density at radius 3 is 2.35 bits per heavy atom. The van der Waals surface area contributed by atoms with E-state index in [0.29, 0.717) is 0 Å². The molecular formula is C12H22N2O3. The van der Waals surface area contributed by atoms with Crippen LogP contribution in [0.3, 0.4) is 0 Å². The summed E-state index contributed by atoms with van der Waals surface area (Å²) in [7, 11) is 0. The fourth-order valence-electron chi connectivity index (χ4n) is 1.91. The van der Waals surface area contributed by atoms with E-state index in [0.717, 1.165) is 32.1 Å². The van der Waals surface area contributed by atoms with E-state index in [9.17, 15) is 9.59 Å². The van der Waals surface area contributed by atoms with Crippen LogP contribution in [-0.4, -0.2) is 29.2 Å². The summed E-state index contributed by atoms with van der Waals surface area (Å²) in [5.41, 5.74) is 0. The van der Waals surface area contributed by atoms with Gasteiger partial charge in [0.05, 0.1) is 0 Å². The van der Waals surface area contributed by atoms with E-state index in [1.807, 2.05) is 6.92 Å². The number of hydrogen-bond acceptors (Lipinski definition) is 2. The highest BCUT2D eigenvalue weighted by atomic mass is 16.4. The van der Waals surface area contributed by atoms with E-state index in [1.54, 1.807) is 0 Å². The minimum atomic E-state index is -0.939. The number of carbonyl (C=O) groups excluding carboxylic acids is 1. The van der Waals surface area contributed by atoms with E-state index >= 15 is 0 Å². The number of aliphatic carboxylic acids is 1. The molecule has 98 valence electrons. The monoisotopic (exact) mass is 242 g/mol. The maximum absolute atomic E-state index is 11.6. The average Bonchev–Trinajstić information content (AvgIpc) is 3.08. The molecule has 0 aromatic heterocycles. The average molecular weight is 242 g/mol. The lowest BCUT2D eigenvalue weighted by Crippen LogP contribution is -2.49. The van der Waals surface area contributed by atoms with Crippen molar-refractivity contribution in [1.82, 2.24) is 10.6 Å². The van der Waals surface area contributed by atoms with Crippen molar-refractivity contribution in [1.29, 1.82) is 0 Å². The second-order valence-corrected chi connectivity index (χ2v) is 4.66. The predicted molar refractivity (Wildman–Crippen MR) is 64.8 cm³/mol. The Morgan fingerprint density at radius 2 is 1.94 bits per heavy atom. The molecule has 1 aliphatic rings. The summed E-state index contributed by atoms with van der Waals surface area (Å²) in [6.45, 7) is 4.07. The van der Waals surface area contributed by atoms with Gasteiger partial charge >= 0.3 is 12.0 Å². The molecule has 0 aromatic rings. The van der Waals surface area contributed by atoms with Gasteiger partial charge in [-0.2, -0.15) is 0 Å². The van der Waals surface area contributed by atoms with Crippen LogP contribution in [-0.2, 0) is 4.79 Å². The molecule has 0 aromatic carbocycles. The Kier molecular flexibility index (Phi) is 5.25. The number of urea groups is 1. The zero-order chi connectivity index (χ0) is 12.8. The molecule has 0 aliphatic heterocycles. The Labute approximate surface area is 102 Å². The zero-order valence-corrected chi connectivity index (χ0v) is 10.5. The Hall–Kier alpha value is -1.26. The molecule has 5 nitrogen and oxygen atoms in total. The van der Waals surface area contributed by atoms with Crippen molar-refractivity contribution in [2.75, 3.05) is 0 Å². The summed E-state index contributed by atoms with van der Waals surface area (Å²) in [5, 5.41) is 14.4. The van der Waals surface area contributed by atoms with Crippen LogP contribution in [0.1, 0.15) is 46.0 Å². The number of nitrogens with one attached hydrogen (secondary N) is 2. The Bertz CT molecular complexity index is 277. The number of carboxylic acids is 1. The van der Waals surface area contributed by atoms with Gasteiger partial charge in [0.15, 0.2) is 0 Å². The molecule has 2 unspecified atom stereocenters. The maximum atomic E-state index is 11.6. The van der Waals surface area contributed by atoms with Gasteiger partial charge in [-0.25, -0.2) is 9.59 Å². The molecule has 2 atom stereocenters. The lowest BCUT2D eigenvalue weighted by Gasteiger charge is -2.19. The third-order valence-corrected chi connectivity index (χ3v) is 3.11. The van der Waals surface area contributed by atoms with Gasteiger partial charge in [0.25, 0.3) is 0 Å². The van der Waals surface area contributed by atoms with Gasteiger partial charge in [-0.15, -0.1) is 0 Å². The first kappa shape index (κ1) is 13.8. The first-order chi connectivity index (χ1) is 8.08. The molecule has 1 fully saturated rings. The largest absolute Gasteiger partial charge is 0.480 e. The summed E-state index contributed by atoms with van der Waals surface area (Å²) >= 11 is 0. The van der Waals surface area contributed by atoms with Crippen LogP contribution in [0.25, 0.3) is 0 Å². The predicted octanol–water partition coefficient (Wildman–Crippen LogP) is 1.73. The van der Waals surface area contributed by atoms with Crippen LogP contribution in [0.15, 0.2) is 0 Å². The molecule has 2 amide bonds. The van der Waals surface area contributed by atoms with Gasteiger partial charge in [-0.3, -0.25) is 0 Å². The summed E-state index contributed by atoms with van der Waals surface area (Å²) in [4.78, 5) is 22.6. The van der Waals surface area contributed by atoms with E-state index in [-0.39, 0.29) is 18.0 Å². The lowest BCUT2D eigenvalue weighted by atomic mass is 10.1. The third kappa shape index (κ3) is 4.63. The molecule has 0 spiro atoms. The van der Waals surface area contributed by atoms with Crippen LogP contribution >= 0.6 is 0 Å². The van der Waals surface area contributed by atoms with Crippen LogP contribution in [0, 0.1) is 5.92 Å². The normalized spacial score (nSPS) is 18.2. The molecule has 1 saturated carbocycles. The third-order valence-electron chi connectivity index (χ3n) is 3.11. The molecule has 17 heavy (non-hydrogen) atoms. The van der Waals surface area contributed by atoms with Crippen molar-refractivity contribution >= 4 is 12.0 Å². The Balaban J connectivity index is 2.38. The minimum Gasteiger partial charge on any atom is -0.480 e. The van der Waals surface area contributed by atoms with E-state index in [1.165, 1.54) is 0 Å². The second kappa shape index (κ2) is 6.47. The maximum Gasteiger partial charge on any atom is 0.326 e.